The summed E-state index contributed by atoms with van der Waals surface area (Å²) in [5.41, 5.74) is 3.62. The summed E-state index contributed by atoms with van der Waals surface area (Å²) >= 11 is 0. The van der Waals surface area contributed by atoms with Gasteiger partial charge in [0.15, 0.2) is 5.76 Å². The van der Waals surface area contributed by atoms with Gasteiger partial charge in [0, 0.05) is 25.2 Å². The maximum absolute atomic E-state index is 12.1. The predicted molar refractivity (Wildman–Crippen MR) is 91.0 cm³/mol. The second kappa shape index (κ2) is 6.68. The number of hydrogen-bond donors (Lipinski definition) is 1. The van der Waals surface area contributed by atoms with Crippen molar-refractivity contribution in [3.63, 3.8) is 0 Å². The number of carbonyl (C=O) groups excluding carboxylic acids is 1. The summed E-state index contributed by atoms with van der Waals surface area (Å²) in [6, 6.07) is 7.80. The average Bonchev–Trinajstić information content (AvgIpc) is 3.33. The van der Waals surface area contributed by atoms with E-state index in [4.69, 9.17) is 9.05 Å². The van der Waals surface area contributed by atoms with E-state index in [-0.39, 0.29) is 5.91 Å². The summed E-state index contributed by atoms with van der Waals surface area (Å²) in [5, 5.41) is 10.7. The van der Waals surface area contributed by atoms with Gasteiger partial charge in [-0.2, -0.15) is 0 Å². The van der Waals surface area contributed by atoms with Gasteiger partial charge in [-0.25, -0.2) is 4.63 Å². The van der Waals surface area contributed by atoms with E-state index in [0.29, 0.717) is 18.2 Å². The third kappa shape index (κ3) is 3.41. The van der Waals surface area contributed by atoms with Crippen LogP contribution < -0.4 is 5.32 Å². The first-order chi connectivity index (χ1) is 12.2. The standard InChI is InChI=1S/C18H20N4O3/c1-12-5-7-24-17(12)18(23)19-9-14-4-6-22(11-14)10-13-2-3-15-16(8-13)21-25-20-15/h2-3,5,7-8,14H,4,6,9-11H2,1H3,(H,19,23). The quantitative estimate of drug-likeness (QED) is 0.768. The molecule has 25 heavy (non-hydrogen) atoms. The Morgan fingerprint density at radius 2 is 2.20 bits per heavy atom. The number of carbonyl (C=O) groups is 1. The third-order valence-electron chi connectivity index (χ3n) is 4.71. The van der Waals surface area contributed by atoms with E-state index in [1.165, 1.54) is 5.56 Å². The van der Waals surface area contributed by atoms with Crippen LogP contribution in [0.4, 0.5) is 0 Å². The molecule has 1 saturated heterocycles. The smallest absolute Gasteiger partial charge is 0.287 e. The number of nitrogens with zero attached hydrogens (tertiary/aromatic N) is 3. The zero-order valence-electron chi connectivity index (χ0n) is 14.1. The van der Waals surface area contributed by atoms with Crippen molar-refractivity contribution in [3.8, 4) is 0 Å². The fraction of sp³-hybridized carbons (Fsp3) is 0.389. The van der Waals surface area contributed by atoms with Crippen LogP contribution in [0.25, 0.3) is 11.0 Å². The minimum atomic E-state index is -0.134. The molecule has 7 nitrogen and oxygen atoms in total. The Morgan fingerprint density at radius 3 is 3.04 bits per heavy atom. The first-order valence-electron chi connectivity index (χ1n) is 8.45. The maximum atomic E-state index is 12.1. The molecule has 0 radical (unpaired) electrons. The molecule has 4 rings (SSSR count). The van der Waals surface area contributed by atoms with Crippen LogP contribution in [0.1, 0.15) is 28.1 Å². The molecule has 7 heteroatoms. The molecule has 1 aliphatic rings. The molecule has 1 unspecified atom stereocenters. The molecule has 3 heterocycles. The number of benzene rings is 1. The minimum absolute atomic E-state index is 0.134. The summed E-state index contributed by atoms with van der Waals surface area (Å²) in [7, 11) is 0. The fourth-order valence-electron chi connectivity index (χ4n) is 3.33. The van der Waals surface area contributed by atoms with E-state index in [1.807, 2.05) is 19.1 Å². The van der Waals surface area contributed by atoms with E-state index in [1.54, 1.807) is 12.3 Å². The van der Waals surface area contributed by atoms with Crippen molar-refractivity contribution in [1.82, 2.24) is 20.5 Å². The van der Waals surface area contributed by atoms with E-state index in [2.05, 4.69) is 26.6 Å². The Balaban J connectivity index is 1.29. The molecule has 1 atom stereocenters. The van der Waals surface area contributed by atoms with Crippen LogP contribution in [-0.2, 0) is 6.54 Å². The molecule has 1 fully saturated rings. The topological polar surface area (TPSA) is 84.4 Å². The summed E-state index contributed by atoms with van der Waals surface area (Å²) in [5.74, 6) is 0.728. The van der Waals surface area contributed by atoms with Gasteiger partial charge in [-0.15, -0.1) is 0 Å². The lowest BCUT2D eigenvalue weighted by Gasteiger charge is -2.16. The number of aryl methyl sites for hydroxylation is 1. The highest BCUT2D eigenvalue weighted by atomic mass is 16.6. The average molecular weight is 340 g/mol. The summed E-state index contributed by atoms with van der Waals surface area (Å²) < 4.78 is 9.97. The van der Waals surface area contributed by atoms with Gasteiger partial charge in [-0.3, -0.25) is 9.69 Å². The number of amides is 1. The number of furan rings is 1. The number of aromatic nitrogens is 2. The van der Waals surface area contributed by atoms with Gasteiger partial charge < -0.3 is 9.73 Å². The van der Waals surface area contributed by atoms with Gasteiger partial charge >= 0.3 is 0 Å². The number of hydrogen-bond acceptors (Lipinski definition) is 6. The van der Waals surface area contributed by atoms with Gasteiger partial charge in [0.1, 0.15) is 11.0 Å². The highest BCUT2D eigenvalue weighted by Crippen LogP contribution is 2.20. The molecule has 1 aliphatic heterocycles. The van der Waals surface area contributed by atoms with Crippen molar-refractivity contribution in [3.05, 3.63) is 47.4 Å². The monoisotopic (exact) mass is 340 g/mol. The van der Waals surface area contributed by atoms with Crippen LogP contribution in [0, 0.1) is 12.8 Å². The van der Waals surface area contributed by atoms with Crippen molar-refractivity contribution in [2.24, 2.45) is 5.92 Å². The van der Waals surface area contributed by atoms with Crippen LogP contribution in [-0.4, -0.2) is 40.8 Å². The molecular formula is C18H20N4O3. The highest BCUT2D eigenvalue weighted by molar-refractivity contribution is 5.92. The van der Waals surface area contributed by atoms with Crippen LogP contribution in [0.2, 0.25) is 0 Å². The van der Waals surface area contributed by atoms with Crippen molar-refractivity contribution in [2.45, 2.75) is 19.9 Å². The Bertz CT molecular complexity index is 885. The zero-order valence-corrected chi connectivity index (χ0v) is 14.1. The normalized spacial score (nSPS) is 18.0. The maximum Gasteiger partial charge on any atom is 0.287 e. The van der Waals surface area contributed by atoms with Crippen LogP contribution in [0.5, 0.6) is 0 Å². The van der Waals surface area contributed by atoms with Crippen molar-refractivity contribution in [2.75, 3.05) is 19.6 Å². The summed E-state index contributed by atoms with van der Waals surface area (Å²) in [6.07, 6.45) is 2.62. The third-order valence-corrected chi connectivity index (χ3v) is 4.71. The number of rotatable bonds is 5. The van der Waals surface area contributed by atoms with Gasteiger partial charge in [0.25, 0.3) is 5.91 Å². The summed E-state index contributed by atoms with van der Waals surface area (Å²) in [4.78, 5) is 14.5. The second-order valence-corrected chi connectivity index (χ2v) is 6.62. The van der Waals surface area contributed by atoms with E-state index in [0.717, 1.165) is 42.7 Å². The number of likely N-dealkylation sites (tertiary alicyclic amines) is 1. The van der Waals surface area contributed by atoms with Crippen LogP contribution in [0.15, 0.2) is 39.6 Å². The molecule has 1 amide bonds. The lowest BCUT2D eigenvalue weighted by atomic mass is 10.1. The van der Waals surface area contributed by atoms with E-state index < -0.39 is 0 Å². The van der Waals surface area contributed by atoms with Crippen molar-refractivity contribution >= 4 is 16.9 Å². The van der Waals surface area contributed by atoms with E-state index in [9.17, 15) is 4.79 Å². The molecule has 0 spiro atoms. The summed E-state index contributed by atoms with van der Waals surface area (Å²) in [6.45, 7) is 5.39. The molecule has 0 aliphatic carbocycles. The van der Waals surface area contributed by atoms with Gasteiger partial charge in [0.2, 0.25) is 0 Å². The zero-order chi connectivity index (χ0) is 17.2. The largest absolute Gasteiger partial charge is 0.459 e. The molecule has 130 valence electrons. The molecule has 3 aromatic rings. The molecular weight excluding hydrogens is 320 g/mol. The van der Waals surface area contributed by atoms with Crippen molar-refractivity contribution in [1.29, 1.82) is 0 Å². The molecule has 1 N–H and O–H groups in total. The van der Waals surface area contributed by atoms with Gasteiger partial charge in [0.05, 0.1) is 6.26 Å². The van der Waals surface area contributed by atoms with Gasteiger partial charge in [-0.1, -0.05) is 6.07 Å². The Labute approximate surface area is 144 Å². The SMILES string of the molecule is Cc1ccoc1C(=O)NCC1CCN(Cc2ccc3nonc3c2)C1. The van der Waals surface area contributed by atoms with Crippen molar-refractivity contribution < 1.29 is 13.8 Å². The highest BCUT2D eigenvalue weighted by Gasteiger charge is 2.24. The molecule has 0 saturated carbocycles. The minimum Gasteiger partial charge on any atom is -0.459 e. The number of fused-ring (bicyclic) bond motifs is 1. The van der Waals surface area contributed by atoms with Crippen LogP contribution >= 0.6 is 0 Å². The second-order valence-electron chi connectivity index (χ2n) is 6.62. The number of nitrogens with one attached hydrogen (secondary N) is 1. The first kappa shape index (κ1) is 15.8. The first-order valence-corrected chi connectivity index (χ1v) is 8.45. The fourth-order valence-corrected chi connectivity index (χ4v) is 3.33. The molecule has 1 aromatic carbocycles. The Kier molecular flexibility index (Phi) is 4.23. The Hall–Kier alpha value is -2.67. The van der Waals surface area contributed by atoms with Crippen LogP contribution in [0.3, 0.4) is 0 Å². The molecule has 0 bridgehead atoms. The predicted octanol–water partition coefficient (Wildman–Crippen LogP) is 2.38. The Morgan fingerprint density at radius 1 is 1.32 bits per heavy atom. The lowest BCUT2D eigenvalue weighted by molar-refractivity contribution is 0.0918. The van der Waals surface area contributed by atoms with Gasteiger partial charge in [-0.05, 0) is 59.9 Å². The molecule has 2 aromatic heterocycles. The lowest BCUT2D eigenvalue weighted by Crippen LogP contribution is -2.31. The van der Waals surface area contributed by atoms with E-state index >= 15 is 0 Å².